The fourth-order valence-electron chi connectivity index (χ4n) is 1.71. The molecule has 0 unspecified atom stereocenters. The molecule has 5 heteroatoms. The van der Waals surface area contributed by atoms with Crippen molar-refractivity contribution in [2.75, 3.05) is 0 Å². The molecule has 19 heavy (non-hydrogen) atoms. The number of carbonyl (C=O) groups is 1. The standard InChI is InChI=1S/C14H8Br2F2O/c15-9-4-8(5-10(17)7-9)6-13(19)11-2-1-3-12(16)14(11)18/h1-5,7H,6H2. The van der Waals surface area contributed by atoms with Crippen molar-refractivity contribution in [2.24, 2.45) is 0 Å². The average molecular weight is 390 g/mol. The van der Waals surface area contributed by atoms with Crippen LogP contribution in [0.3, 0.4) is 0 Å². The van der Waals surface area contributed by atoms with Crippen LogP contribution in [0.4, 0.5) is 8.78 Å². The highest BCUT2D eigenvalue weighted by Crippen LogP contribution is 2.21. The zero-order valence-electron chi connectivity index (χ0n) is 9.59. The molecule has 0 aliphatic heterocycles. The summed E-state index contributed by atoms with van der Waals surface area (Å²) in [5.74, 6) is -1.42. The summed E-state index contributed by atoms with van der Waals surface area (Å²) < 4.78 is 27.7. The van der Waals surface area contributed by atoms with Gasteiger partial charge in [0.25, 0.3) is 0 Å². The summed E-state index contributed by atoms with van der Waals surface area (Å²) >= 11 is 6.18. The van der Waals surface area contributed by atoms with Crippen molar-refractivity contribution in [2.45, 2.75) is 6.42 Å². The van der Waals surface area contributed by atoms with Gasteiger partial charge in [0.05, 0.1) is 10.0 Å². The quantitative estimate of drug-likeness (QED) is 0.681. The van der Waals surface area contributed by atoms with Crippen molar-refractivity contribution >= 4 is 37.6 Å². The summed E-state index contributed by atoms with van der Waals surface area (Å²) in [4.78, 5) is 12.0. The monoisotopic (exact) mass is 388 g/mol. The van der Waals surface area contributed by atoms with Crippen LogP contribution in [-0.4, -0.2) is 5.78 Å². The Morgan fingerprint density at radius 1 is 1.11 bits per heavy atom. The first-order chi connectivity index (χ1) is 8.97. The Balaban J connectivity index is 2.28. The summed E-state index contributed by atoms with van der Waals surface area (Å²) in [7, 11) is 0. The second-order valence-corrected chi connectivity index (χ2v) is 5.75. The summed E-state index contributed by atoms with van der Waals surface area (Å²) in [6, 6.07) is 8.71. The van der Waals surface area contributed by atoms with Gasteiger partial charge in [-0.3, -0.25) is 4.79 Å². The molecule has 0 aliphatic rings. The van der Waals surface area contributed by atoms with Gasteiger partial charge in [-0.05, 0) is 51.8 Å². The predicted octanol–water partition coefficient (Wildman–Crippen LogP) is 4.92. The summed E-state index contributed by atoms with van der Waals surface area (Å²) in [5.41, 5.74) is 0.492. The maximum absolute atomic E-state index is 13.8. The molecule has 2 aromatic rings. The molecule has 0 heterocycles. The summed E-state index contributed by atoms with van der Waals surface area (Å²) in [6.07, 6.45) is -0.0519. The van der Waals surface area contributed by atoms with Crippen LogP contribution in [-0.2, 0) is 6.42 Å². The van der Waals surface area contributed by atoms with Gasteiger partial charge < -0.3 is 0 Å². The first-order valence-corrected chi connectivity index (χ1v) is 6.98. The van der Waals surface area contributed by atoms with Crippen molar-refractivity contribution in [3.63, 3.8) is 0 Å². The summed E-state index contributed by atoms with van der Waals surface area (Å²) in [6.45, 7) is 0. The van der Waals surface area contributed by atoms with E-state index in [1.165, 1.54) is 24.3 Å². The lowest BCUT2D eigenvalue weighted by atomic mass is 10.0. The first kappa shape index (κ1) is 14.3. The lowest BCUT2D eigenvalue weighted by Gasteiger charge is -2.05. The molecule has 2 aromatic carbocycles. The SMILES string of the molecule is O=C(Cc1cc(F)cc(Br)c1)c1cccc(Br)c1F. The molecule has 98 valence electrons. The molecule has 0 N–H and O–H groups in total. The Hall–Kier alpha value is -1.07. The molecular weight excluding hydrogens is 382 g/mol. The van der Waals surface area contributed by atoms with E-state index in [9.17, 15) is 13.6 Å². The minimum absolute atomic E-state index is 0.00485. The third-order valence-electron chi connectivity index (χ3n) is 2.54. The fraction of sp³-hybridized carbons (Fsp3) is 0.0714. The molecule has 0 spiro atoms. The van der Waals surface area contributed by atoms with Crippen molar-refractivity contribution < 1.29 is 13.6 Å². The van der Waals surface area contributed by atoms with Gasteiger partial charge >= 0.3 is 0 Å². The van der Waals surface area contributed by atoms with Crippen LogP contribution in [0.5, 0.6) is 0 Å². The van der Waals surface area contributed by atoms with Gasteiger partial charge in [-0.15, -0.1) is 0 Å². The lowest BCUT2D eigenvalue weighted by Crippen LogP contribution is -2.06. The maximum atomic E-state index is 13.8. The predicted molar refractivity (Wildman–Crippen MR) is 76.2 cm³/mol. The van der Waals surface area contributed by atoms with Gasteiger partial charge in [-0.2, -0.15) is 0 Å². The van der Waals surface area contributed by atoms with Gasteiger partial charge in [0.15, 0.2) is 5.78 Å². The minimum atomic E-state index is -0.594. The number of hydrogen-bond acceptors (Lipinski definition) is 1. The molecule has 2 rings (SSSR count). The van der Waals surface area contributed by atoms with E-state index in [1.54, 1.807) is 12.1 Å². The molecule has 0 aromatic heterocycles. The van der Waals surface area contributed by atoms with Crippen molar-refractivity contribution in [3.05, 3.63) is 68.1 Å². The van der Waals surface area contributed by atoms with Gasteiger partial charge in [0.2, 0.25) is 0 Å². The van der Waals surface area contributed by atoms with Crippen LogP contribution in [0.25, 0.3) is 0 Å². The Kier molecular flexibility index (Phi) is 4.47. The minimum Gasteiger partial charge on any atom is -0.294 e. The Labute approximate surface area is 125 Å². The second-order valence-electron chi connectivity index (χ2n) is 3.98. The van der Waals surface area contributed by atoms with Crippen LogP contribution in [0.2, 0.25) is 0 Å². The van der Waals surface area contributed by atoms with E-state index in [0.717, 1.165) is 0 Å². The smallest absolute Gasteiger partial charge is 0.170 e. The maximum Gasteiger partial charge on any atom is 0.170 e. The summed E-state index contributed by atoms with van der Waals surface area (Å²) in [5, 5.41) is 0. The molecule has 0 radical (unpaired) electrons. The molecule has 0 bridgehead atoms. The largest absolute Gasteiger partial charge is 0.294 e. The number of halogens is 4. The highest BCUT2D eigenvalue weighted by molar-refractivity contribution is 9.10. The van der Waals surface area contributed by atoms with E-state index < -0.39 is 17.4 Å². The highest BCUT2D eigenvalue weighted by atomic mass is 79.9. The van der Waals surface area contributed by atoms with Gasteiger partial charge in [0.1, 0.15) is 11.6 Å². The van der Waals surface area contributed by atoms with E-state index in [-0.39, 0.29) is 16.5 Å². The molecule has 0 amide bonds. The molecular formula is C14H8Br2F2O. The van der Waals surface area contributed by atoms with Gasteiger partial charge in [-0.1, -0.05) is 22.0 Å². The third-order valence-corrected chi connectivity index (χ3v) is 3.61. The van der Waals surface area contributed by atoms with Crippen LogP contribution in [0, 0.1) is 11.6 Å². The number of ketones is 1. The number of benzene rings is 2. The second kappa shape index (κ2) is 5.92. The average Bonchev–Trinajstić information content (AvgIpc) is 2.31. The van der Waals surface area contributed by atoms with Gasteiger partial charge in [-0.25, -0.2) is 8.78 Å². The molecule has 0 aliphatic carbocycles. The Morgan fingerprint density at radius 3 is 2.53 bits per heavy atom. The highest BCUT2D eigenvalue weighted by Gasteiger charge is 2.14. The van der Waals surface area contributed by atoms with E-state index in [2.05, 4.69) is 31.9 Å². The van der Waals surface area contributed by atoms with Crippen LogP contribution in [0.15, 0.2) is 45.3 Å². The number of Topliss-reactive ketones (excluding diaryl/α,β-unsaturated/α-hetero) is 1. The van der Waals surface area contributed by atoms with Crippen LogP contribution < -0.4 is 0 Å². The number of hydrogen-bond donors (Lipinski definition) is 0. The number of rotatable bonds is 3. The first-order valence-electron chi connectivity index (χ1n) is 5.39. The van der Waals surface area contributed by atoms with Crippen molar-refractivity contribution in [1.82, 2.24) is 0 Å². The molecule has 1 nitrogen and oxygen atoms in total. The van der Waals surface area contributed by atoms with Crippen LogP contribution in [0.1, 0.15) is 15.9 Å². The lowest BCUT2D eigenvalue weighted by molar-refractivity contribution is 0.0989. The molecule has 0 saturated carbocycles. The number of carbonyl (C=O) groups excluding carboxylic acids is 1. The third kappa shape index (κ3) is 3.48. The molecule has 0 saturated heterocycles. The normalized spacial score (nSPS) is 10.5. The Bertz CT molecular complexity index is 621. The molecule has 0 fully saturated rings. The van der Waals surface area contributed by atoms with E-state index in [0.29, 0.717) is 10.0 Å². The van der Waals surface area contributed by atoms with Gasteiger partial charge in [0, 0.05) is 10.9 Å². The van der Waals surface area contributed by atoms with E-state index in [1.807, 2.05) is 0 Å². The fourth-order valence-corrected chi connectivity index (χ4v) is 2.59. The van der Waals surface area contributed by atoms with E-state index in [4.69, 9.17) is 0 Å². The molecule has 0 atom stereocenters. The van der Waals surface area contributed by atoms with Crippen molar-refractivity contribution in [1.29, 1.82) is 0 Å². The van der Waals surface area contributed by atoms with Crippen LogP contribution >= 0.6 is 31.9 Å². The Morgan fingerprint density at radius 2 is 1.84 bits per heavy atom. The topological polar surface area (TPSA) is 17.1 Å². The zero-order valence-corrected chi connectivity index (χ0v) is 12.8. The zero-order chi connectivity index (χ0) is 14.0. The van der Waals surface area contributed by atoms with E-state index >= 15 is 0 Å². The van der Waals surface area contributed by atoms with Crippen molar-refractivity contribution in [3.8, 4) is 0 Å².